The first kappa shape index (κ1) is 9.16. The summed E-state index contributed by atoms with van der Waals surface area (Å²) in [4.78, 5) is 10.8. The summed E-state index contributed by atoms with van der Waals surface area (Å²) in [5, 5.41) is 8.85. The number of carboxylic acid groups (broad SMARTS) is 1. The molecule has 1 aliphatic rings. The van der Waals surface area contributed by atoms with Gasteiger partial charge in [-0.25, -0.2) is 0 Å². The van der Waals surface area contributed by atoms with Crippen molar-refractivity contribution in [1.82, 2.24) is 0 Å². The number of aliphatic carboxylic acids is 1. The maximum absolute atomic E-state index is 10.8. The van der Waals surface area contributed by atoms with Crippen LogP contribution in [0.4, 0.5) is 0 Å². The lowest BCUT2D eigenvalue weighted by Gasteiger charge is -2.26. The normalized spacial score (nSPS) is 11.2. The Kier molecular flexibility index (Phi) is 1.83. The Hall–Kier alpha value is -2.09. The molecule has 2 aromatic rings. The number of carboxylic acids is 1. The fourth-order valence-corrected chi connectivity index (χ4v) is 2.33. The van der Waals surface area contributed by atoms with E-state index >= 15 is 0 Å². The lowest BCUT2D eigenvalue weighted by Crippen LogP contribution is -2.07. The monoisotopic (exact) mass is 210 g/mol. The summed E-state index contributed by atoms with van der Waals surface area (Å²) in [6.45, 7) is 0. The van der Waals surface area contributed by atoms with Gasteiger partial charge in [0.1, 0.15) is 0 Å². The second-order valence-corrected chi connectivity index (χ2v) is 3.96. The predicted octanol–water partition coefficient (Wildman–Crippen LogP) is 2.96. The van der Waals surface area contributed by atoms with Crippen molar-refractivity contribution < 1.29 is 9.90 Å². The minimum Gasteiger partial charge on any atom is -0.481 e. The Morgan fingerprint density at radius 2 is 1.62 bits per heavy atom. The highest BCUT2D eigenvalue weighted by Gasteiger charge is 2.24. The van der Waals surface area contributed by atoms with Crippen LogP contribution < -0.4 is 0 Å². The maximum atomic E-state index is 10.8. The molecule has 0 atom stereocenters. The van der Waals surface area contributed by atoms with Crippen molar-refractivity contribution in [3.8, 4) is 22.3 Å². The van der Waals surface area contributed by atoms with Gasteiger partial charge in [-0.1, -0.05) is 42.5 Å². The van der Waals surface area contributed by atoms with Crippen LogP contribution in [0.3, 0.4) is 0 Å². The third kappa shape index (κ3) is 1.16. The zero-order chi connectivity index (χ0) is 11.1. The van der Waals surface area contributed by atoms with Gasteiger partial charge in [0, 0.05) is 0 Å². The van der Waals surface area contributed by atoms with E-state index in [1.54, 1.807) is 0 Å². The lowest BCUT2D eigenvalue weighted by molar-refractivity contribution is -0.136. The van der Waals surface area contributed by atoms with Crippen molar-refractivity contribution in [3.05, 3.63) is 48.0 Å². The van der Waals surface area contributed by atoms with Gasteiger partial charge >= 0.3 is 5.97 Å². The van der Waals surface area contributed by atoms with Crippen molar-refractivity contribution in [2.45, 2.75) is 6.42 Å². The van der Waals surface area contributed by atoms with Gasteiger partial charge in [-0.05, 0) is 27.8 Å². The van der Waals surface area contributed by atoms with Crippen LogP contribution in [0.15, 0.2) is 42.5 Å². The average Bonchev–Trinajstić information content (AvgIpc) is 2.24. The molecule has 0 aromatic heterocycles. The molecule has 0 aliphatic heterocycles. The first-order valence-corrected chi connectivity index (χ1v) is 5.21. The van der Waals surface area contributed by atoms with E-state index in [0.717, 1.165) is 11.1 Å². The van der Waals surface area contributed by atoms with Crippen molar-refractivity contribution in [2.24, 2.45) is 0 Å². The van der Waals surface area contributed by atoms with Gasteiger partial charge < -0.3 is 5.11 Å². The number of benzene rings is 2. The van der Waals surface area contributed by atoms with Crippen LogP contribution in [0.25, 0.3) is 22.3 Å². The fraction of sp³-hybridized carbons (Fsp3) is 0.0714. The number of hydrogen-bond donors (Lipinski definition) is 1. The Labute approximate surface area is 93.2 Å². The van der Waals surface area contributed by atoms with Gasteiger partial charge in [-0.15, -0.1) is 0 Å². The highest BCUT2D eigenvalue weighted by atomic mass is 16.4. The molecule has 3 rings (SSSR count). The number of rotatable bonds is 2. The van der Waals surface area contributed by atoms with E-state index in [0.29, 0.717) is 0 Å². The van der Waals surface area contributed by atoms with Crippen LogP contribution in [0.2, 0.25) is 0 Å². The van der Waals surface area contributed by atoms with E-state index in [2.05, 4.69) is 6.07 Å². The van der Waals surface area contributed by atoms with Crippen molar-refractivity contribution >= 4 is 5.97 Å². The molecule has 78 valence electrons. The van der Waals surface area contributed by atoms with E-state index in [4.69, 9.17) is 5.11 Å². The Bertz CT molecular complexity index is 585. The molecule has 0 saturated carbocycles. The summed E-state index contributed by atoms with van der Waals surface area (Å²) in [7, 11) is 0. The molecular weight excluding hydrogens is 200 g/mol. The lowest BCUT2D eigenvalue weighted by atomic mass is 9.77. The third-order valence-corrected chi connectivity index (χ3v) is 2.98. The molecule has 2 nitrogen and oxygen atoms in total. The molecule has 16 heavy (non-hydrogen) atoms. The van der Waals surface area contributed by atoms with Crippen LogP contribution in [-0.2, 0) is 11.2 Å². The SMILES string of the molecule is O=C(O)Cc1cccc2c1-c1ccccc1-2. The van der Waals surface area contributed by atoms with Gasteiger partial charge in [0.15, 0.2) is 0 Å². The summed E-state index contributed by atoms with van der Waals surface area (Å²) in [5.41, 5.74) is 5.60. The van der Waals surface area contributed by atoms with E-state index in [1.807, 2.05) is 36.4 Å². The van der Waals surface area contributed by atoms with Gasteiger partial charge in [-0.2, -0.15) is 0 Å². The molecule has 1 aliphatic carbocycles. The highest BCUT2D eigenvalue weighted by Crippen LogP contribution is 2.48. The van der Waals surface area contributed by atoms with Gasteiger partial charge in [0.25, 0.3) is 0 Å². The molecule has 0 radical (unpaired) electrons. The molecule has 0 amide bonds. The molecule has 2 aromatic carbocycles. The molecule has 0 heterocycles. The molecule has 0 saturated heterocycles. The summed E-state index contributed by atoms with van der Waals surface area (Å²) >= 11 is 0. The third-order valence-electron chi connectivity index (χ3n) is 2.98. The standard InChI is InChI=1S/C14H10O2/c15-13(16)8-9-4-3-7-12-10-5-1-2-6-11(10)14(9)12/h1-7H,8H2,(H,15,16). The van der Waals surface area contributed by atoms with Crippen LogP contribution in [0, 0.1) is 0 Å². The second-order valence-electron chi connectivity index (χ2n) is 3.96. The summed E-state index contributed by atoms with van der Waals surface area (Å²) in [5.74, 6) is -0.780. The molecule has 2 heteroatoms. The minimum absolute atomic E-state index is 0.0947. The smallest absolute Gasteiger partial charge is 0.307 e. The van der Waals surface area contributed by atoms with Gasteiger partial charge in [0.05, 0.1) is 6.42 Å². The topological polar surface area (TPSA) is 37.3 Å². The van der Waals surface area contributed by atoms with Crippen LogP contribution in [-0.4, -0.2) is 11.1 Å². The molecular formula is C14H10O2. The maximum Gasteiger partial charge on any atom is 0.307 e. The fourth-order valence-electron chi connectivity index (χ4n) is 2.33. The molecule has 0 bridgehead atoms. The van der Waals surface area contributed by atoms with Crippen molar-refractivity contribution in [1.29, 1.82) is 0 Å². The van der Waals surface area contributed by atoms with Crippen LogP contribution in [0.5, 0.6) is 0 Å². The van der Waals surface area contributed by atoms with Gasteiger partial charge in [-0.3, -0.25) is 4.79 Å². The predicted molar refractivity (Wildman–Crippen MR) is 62.2 cm³/mol. The van der Waals surface area contributed by atoms with Crippen molar-refractivity contribution in [2.75, 3.05) is 0 Å². The average molecular weight is 210 g/mol. The van der Waals surface area contributed by atoms with Crippen molar-refractivity contribution in [3.63, 3.8) is 0 Å². The van der Waals surface area contributed by atoms with E-state index in [-0.39, 0.29) is 6.42 Å². The van der Waals surface area contributed by atoms with E-state index in [1.165, 1.54) is 16.7 Å². The molecule has 0 unspecified atom stereocenters. The Balaban J connectivity index is 2.14. The Morgan fingerprint density at radius 3 is 2.38 bits per heavy atom. The first-order chi connectivity index (χ1) is 7.77. The number of carbonyl (C=O) groups is 1. The number of hydrogen-bond acceptors (Lipinski definition) is 1. The zero-order valence-corrected chi connectivity index (χ0v) is 8.60. The first-order valence-electron chi connectivity index (χ1n) is 5.21. The second kappa shape index (κ2) is 3.20. The Morgan fingerprint density at radius 1 is 0.938 bits per heavy atom. The quantitative estimate of drug-likeness (QED) is 0.706. The minimum atomic E-state index is -0.780. The molecule has 1 N–H and O–H groups in total. The van der Waals surface area contributed by atoms with E-state index < -0.39 is 5.97 Å². The molecule has 0 spiro atoms. The summed E-state index contributed by atoms with van der Waals surface area (Å²) in [6, 6.07) is 14.0. The highest BCUT2D eigenvalue weighted by molar-refractivity contribution is 6.04. The van der Waals surface area contributed by atoms with Crippen LogP contribution >= 0.6 is 0 Å². The van der Waals surface area contributed by atoms with E-state index in [9.17, 15) is 4.79 Å². The number of fused-ring (bicyclic) bond motifs is 4. The largest absolute Gasteiger partial charge is 0.481 e. The van der Waals surface area contributed by atoms with Gasteiger partial charge in [0.2, 0.25) is 0 Å². The molecule has 0 fully saturated rings. The summed E-state index contributed by atoms with van der Waals surface area (Å²) < 4.78 is 0. The summed E-state index contributed by atoms with van der Waals surface area (Å²) in [6.07, 6.45) is 0.0947. The zero-order valence-electron chi connectivity index (χ0n) is 8.60. The van der Waals surface area contributed by atoms with Crippen LogP contribution in [0.1, 0.15) is 5.56 Å².